The SMILES string of the molecule is CCC([NH-])=O.[CH3-].[NH-]C(=O)O.[Y].[Y].[Y].[Y].[Y]. The second-order valence-corrected chi connectivity index (χ2v) is 1.08. The van der Waals surface area contributed by atoms with E-state index < -0.39 is 12.0 Å². The maximum Gasteiger partial charge on any atom is 0.224 e. The summed E-state index contributed by atoms with van der Waals surface area (Å²) in [6.07, 6.45) is -1.25. The van der Waals surface area contributed by atoms with Gasteiger partial charge in [0.2, 0.25) is 6.09 Å². The van der Waals surface area contributed by atoms with Crippen LogP contribution >= 0.6 is 0 Å². The molecule has 0 saturated carbocycles. The van der Waals surface area contributed by atoms with Crippen LogP contribution in [0.1, 0.15) is 13.3 Å². The fourth-order valence-electron chi connectivity index (χ4n) is 0. The van der Waals surface area contributed by atoms with Gasteiger partial charge in [0.05, 0.1) is 0 Å². The Hall–Kier alpha value is 4.26. The number of hydrogen-bond donors (Lipinski definition) is 1. The number of carbonyl (C=O) groups excluding carboxylic acids is 1. The fourth-order valence-corrected chi connectivity index (χ4v) is 0. The molecule has 0 bridgehead atoms. The fraction of sp³-hybridized carbons (Fsp3) is 0.400. The molecular formula is C5H11N2O3Y5-3. The summed E-state index contributed by atoms with van der Waals surface area (Å²) in [5, 5.41) is 7.08. The molecule has 5 radical (unpaired) electrons. The molecule has 0 aromatic carbocycles. The maximum absolute atomic E-state index is 9.48. The van der Waals surface area contributed by atoms with Crippen LogP contribution in [-0.2, 0) is 168 Å². The van der Waals surface area contributed by atoms with E-state index in [0.717, 1.165) is 0 Å². The van der Waals surface area contributed by atoms with Crippen LogP contribution in [0, 0.1) is 7.43 Å². The molecule has 0 aromatic rings. The van der Waals surface area contributed by atoms with Gasteiger partial charge < -0.3 is 28.8 Å². The second kappa shape index (κ2) is 42.9. The van der Waals surface area contributed by atoms with Gasteiger partial charge in [0, 0.05) is 169 Å². The van der Waals surface area contributed by atoms with Crippen molar-refractivity contribution >= 4 is 12.0 Å². The molecule has 0 unspecified atom stereocenters. The Balaban J connectivity index is -0.00000000785. The quantitative estimate of drug-likeness (QED) is 0.473. The zero-order valence-electron chi connectivity index (χ0n) is 8.86. The van der Waals surface area contributed by atoms with Crippen LogP contribution in [0.2, 0.25) is 0 Å². The summed E-state index contributed by atoms with van der Waals surface area (Å²) in [6.45, 7) is 1.66. The van der Waals surface area contributed by atoms with Gasteiger partial charge >= 0.3 is 0 Å². The molecule has 2 amide bonds. The van der Waals surface area contributed by atoms with E-state index in [1.54, 1.807) is 6.92 Å². The van der Waals surface area contributed by atoms with E-state index in [-0.39, 0.29) is 171 Å². The largest absolute Gasteiger partial charge is 0.668 e. The topological polar surface area (TPSA) is 102 Å². The number of carboxylic acid groups (broad SMARTS) is 1. The van der Waals surface area contributed by atoms with Crippen molar-refractivity contribution in [2.45, 2.75) is 13.3 Å². The molecule has 5 nitrogen and oxygen atoms in total. The molecule has 3 N–H and O–H groups in total. The average Bonchev–Trinajstić information content (AvgIpc) is 1.65. The molecule has 0 atom stereocenters. The Morgan fingerprint density at radius 1 is 1.00 bits per heavy atom. The standard InChI is InChI=1S/C3H7NO.CH2NO2.CH3.5Y/c1-2-3(4)5;2-1(3)4;;;;;;/h2H2,1H3,(H2,4,5);2H,(H,3,4);1H3;;;;;/q;2*-1;;;;;/p-1. The molecule has 0 saturated heterocycles. The third kappa shape index (κ3) is 123. The number of nitrogens with one attached hydrogen (secondary N) is 2. The van der Waals surface area contributed by atoms with E-state index in [2.05, 4.69) is 0 Å². The van der Waals surface area contributed by atoms with Gasteiger partial charge in [-0.3, -0.25) is 4.79 Å². The summed E-state index contributed by atoms with van der Waals surface area (Å²) in [6, 6.07) is 0. The first-order chi connectivity index (χ1) is 4.00. The van der Waals surface area contributed by atoms with Gasteiger partial charge in [-0.05, 0) is 6.42 Å². The van der Waals surface area contributed by atoms with Gasteiger partial charge in [0.15, 0.2) is 0 Å². The van der Waals surface area contributed by atoms with Crippen molar-refractivity contribution in [2.24, 2.45) is 0 Å². The van der Waals surface area contributed by atoms with Gasteiger partial charge in [0.1, 0.15) is 0 Å². The maximum atomic E-state index is 9.48. The van der Waals surface area contributed by atoms with Crippen molar-refractivity contribution in [3.8, 4) is 0 Å². The molecule has 0 aliphatic carbocycles. The van der Waals surface area contributed by atoms with Crippen molar-refractivity contribution in [2.75, 3.05) is 0 Å². The first-order valence-corrected chi connectivity index (χ1v) is 2.19. The van der Waals surface area contributed by atoms with Crippen molar-refractivity contribution in [1.29, 1.82) is 0 Å². The zero-order valence-corrected chi connectivity index (χ0v) is 23.0. The summed E-state index contributed by atoms with van der Waals surface area (Å²) < 4.78 is 0. The Bertz CT molecular complexity index is 113. The van der Waals surface area contributed by atoms with E-state index in [0.29, 0.717) is 6.42 Å². The minimum Gasteiger partial charge on any atom is -0.668 e. The van der Waals surface area contributed by atoms with Gasteiger partial charge in [-0.15, -0.1) is 0 Å². The van der Waals surface area contributed by atoms with Gasteiger partial charge in [-0.25, -0.2) is 0 Å². The van der Waals surface area contributed by atoms with Crippen molar-refractivity contribution < 1.29 is 178 Å². The summed E-state index contributed by atoms with van der Waals surface area (Å²) >= 11 is 0. The van der Waals surface area contributed by atoms with E-state index in [9.17, 15) is 4.79 Å². The van der Waals surface area contributed by atoms with Crippen molar-refractivity contribution in [1.82, 2.24) is 0 Å². The van der Waals surface area contributed by atoms with E-state index >= 15 is 0 Å². The van der Waals surface area contributed by atoms with Crippen molar-refractivity contribution in [3.05, 3.63) is 18.9 Å². The van der Waals surface area contributed by atoms with Crippen molar-refractivity contribution in [3.63, 3.8) is 0 Å². The molecule has 0 fully saturated rings. The van der Waals surface area contributed by atoms with Crippen LogP contribution in [0.25, 0.3) is 11.5 Å². The van der Waals surface area contributed by atoms with Gasteiger partial charge in [-0.2, -0.15) is 0 Å². The smallest absolute Gasteiger partial charge is 0.224 e. The molecule has 0 spiro atoms. The van der Waals surface area contributed by atoms with E-state index in [4.69, 9.17) is 21.4 Å². The average molecular weight is 592 g/mol. The number of rotatable bonds is 1. The zero-order chi connectivity index (χ0) is 7.86. The van der Waals surface area contributed by atoms with Crippen LogP contribution in [0.4, 0.5) is 4.79 Å². The number of hydrogen-bond acceptors (Lipinski definition) is 2. The monoisotopic (exact) mass is 592 g/mol. The van der Waals surface area contributed by atoms with Crippen LogP contribution in [0.3, 0.4) is 0 Å². The van der Waals surface area contributed by atoms with Crippen LogP contribution in [0.5, 0.6) is 0 Å². The Morgan fingerprint density at radius 3 is 1.07 bits per heavy atom. The minimum absolute atomic E-state index is 0. The van der Waals surface area contributed by atoms with E-state index in [1.807, 2.05) is 0 Å². The Kier molecular flexibility index (Phi) is 145. The molecule has 77 valence electrons. The molecule has 0 aliphatic heterocycles. The molecule has 15 heavy (non-hydrogen) atoms. The van der Waals surface area contributed by atoms with Gasteiger partial charge in [0.25, 0.3) is 0 Å². The summed E-state index contributed by atoms with van der Waals surface area (Å²) in [5.41, 5.74) is 11.7. The predicted octanol–water partition coefficient (Wildman–Crippen LogP) is 2.13. The number of carbonyl (C=O) groups is 2. The predicted molar refractivity (Wildman–Crippen MR) is 38.4 cm³/mol. The van der Waals surface area contributed by atoms with Gasteiger partial charge in [-0.1, -0.05) is 6.92 Å². The summed E-state index contributed by atoms with van der Waals surface area (Å²) in [4.78, 5) is 18.1. The Morgan fingerprint density at radius 2 is 1.07 bits per heavy atom. The molecule has 10 heteroatoms. The minimum atomic E-state index is -1.58. The summed E-state index contributed by atoms with van der Waals surface area (Å²) in [7, 11) is 0. The van der Waals surface area contributed by atoms with Crippen LogP contribution < -0.4 is 0 Å². The Labute approximate surface area is 217 Å². The molecular weight excluding hydrogens is 581 g/mol. The summed E-state index contributed by atoms with van der Waals surface area (Å²) in [5.74, 6) is -0.495. The third-order valence-electron chi connectivity index (χ3n) is 0.321. The normalized spacial score (nSPS) is 4.07. The van der Waals surface area contributed by atoms with E-state index in [1.165, 1.54) is 0 Å². The first-order valence-electron chi connectivity index (χ1n) is 2.19. The first kappa shape index (κ1) is 50.7. The molecule has 0 aromatic heterocycles. The molecule has 0 rings (SSSR count). The third-order valence-corrected chi connectivity index (χ3v) is 0.321. The van der Waals surface area contributed by atoms with Crippen LogP contribution in [-0.4, -0.2) is 17.1 Å². The molecule has 0 heterocycles. The molecule has 0 aliphatic rings. The number of amides is 2. The second-order valence-electron chi connectivity index (χ2n) is 1.08. The van der Waals surface area contributed by atoms with Crippen LogP contribution in [0.15, 0.2) is 0 Å².